The number of nitrogens with one attached hydrogen (secondary N) is 1. The Hall–Kier alpha value is -1.60. The van der Waals surface area contributed by atoms with Crippen molar-refractivity contribution in [2.75, 3.05) is 20.2 Å². The number of ether oxygens (including phenoxy) is 1. The van der Waals surface area contributed by atoms with Gasteiger partial charge in [0.2, 0.25) is 15.9 Å². The van der Waals surface area contributed by atoms with Crippen LogP contribution in [0.25, 0.3) is 0 Å². The average molecular weight is 433 g/mol. The van der Waals surface area contributed by atoms with Crippen LogP contribution in [0.5, 0.6) is 5.75 Å². The lowest BCUT2D eigenvalue weighted by Gasteiger charge is -2.35. The predicted octanol–water partition coefficient (Wildman–Crippen LogP) is 3.04. The molecule has 3 aliphatic carbocycles. The van der Waals surface area contributed by atoms with Gasteiger partial charge in [-0.05, 0) is 86.5 Å². The van der Waals surface area contributed by atoms with Gasteiger partial charge < -0.3 is 10.1 Å². The van der Waals surface area contributed by atoms with Crippen molar-refractivity contribution in [3.63, 3.8) is 0 Å². The minimum Gasteiger partial charge on any atom is -0.497 e. The molecule has 164 valence electrons. The van der Waals surface area contributed by atoms with E-state index in [0.717, 1.165) is 24.2 Å². The first kappa shape index (κ1) is 20.3. The maximum absolute atomic E-state index is 12.9. The normalized spacial score (nSPS) is 34.1. The molecule has 1 aliphatic heterocycles. The molecule has 0 unspecified atom stereocenters. The summed E-state index contributed by atoms with van der Waals surface area (Å²) in [5.74, 6) is 3.97. The SMILES string of the molecule is COc1ccc(S(=O)(=O)N2CCC(C(=O)N[C@@H]3C[C@H]4C[C@H]3[C@@H]3CCC[C@@H]43)CC2)cc1. The van der Waals surface area contributed by atoms with Crippen LogP contribution in [-0.4, -0.2) is 44.9 Å². The minimum absolute atomic E-state index is 0.0779. The van der Waals surface area contributed by atoms with E-state index in [1.807, 2.05) is 0 Å². The van der Waals surface area contributed by atoms with E-state index >= 15 is 0 Å². The number of hydrogen-bond donors (Lipinski definition) is 1. The lowest BCUT2D eigenvalue weighted by atomic mass is 9.79. The summed E-state index contributed by atoms with van der Waals surface area (Å²) in [6, 6.07) is 6.84. The molecule has 2 bridgehead atoms. The molecule has 6 nitrogen and oxygen atoms in total. The zero-order valence-electron chi connectivity index (χ0n) is 17.6. The minimum atomic E-state index is -3.53. The maximum atomic E-state index is 12.9. The molecular weight excluding hydrogens is 400 g/mol. The standard InChI is InChI=1S/C23H32N2O4S/c1-29-17-5-7-18(8-6-17)30(27,28)25-11-9-15(10-12-25)23(26)24-22-14-16-13-21(22)20-4-2-3-19(16)20/h5-8,15-16,19-22H,2-4,9-14H2,1H3,(H,24,26)/t16-,19+,20-,21+,22-/m1/s1. The molecule has 1 saturated heterocycles. The van der Waals surface area contributed by atoms with Gasteiger partial charge >= 0.3 is 0 Å². The highest BCUT2D eigenvalue weighted by Crippen LogP contribution is 2.58. The van der Waals surface area contributed by atoms with E-state index in [0.29, 0.717) is 43.6 Å². The first-order valence-electron chi connectivity index (χ1n) is 11.4. The van der Waals surface area contributed by atoms with Crippen LogP contribution < -0.4 is 10.1 Å². The Kier molecular flexibility index (Phi) is 5.30. The Balaban J connectivity index is 1.16. The Morgan fingerprint density at radius 1 is 1.00 bits per heavy atom. The quantitative estimate of drug-likeness (QED) is 0.776. The van der Waals surface area contributed by atoms with Crippen molar-refractivity contribution >= 4 is 15.9 Å². The second kappa shape index (κ2) is 7.83. The molecule has 4 fully saturated rings. The van der Waals surface area contributed by atoms with Crippen molar-refractivity contribution in [3.05, 3.63) is 24.3 Å². The first-order valence-corrected chi connectivity index (χ1v) is 12.9. The van der Waals surface area contributed by atoms with Gasteiger partial charge in [-0.2, -0.15) is 4.31 Å². The van der Waals surface area contributed by atoms with E-state index in [1.54, 1.807) is 31.4 Å². The van der Waals surface area contributed by atoms with Gasteiger partial charge in [-0.15, -0.1) is 0 Å². The van der Waals surface area contributed by atoms with Crippen molar-refractivity contribution in [3.8, 4) is 5.75 Å². The molecule has 1 amide bonds. The van der Waals surface area contributed by atoms with Gasteiger partial charge in [0, 0.05) is 25.0 Å². The second-order valence-corrected chi connectivity index (χ2v) is 11.6. The largest absolute Gasteiger partial charge is 0.497 e. The molecule has 5 atom stereocenters. The summed E-state index contributed by atoms with van der Waals surface area (Å²) in [5.41, 5.74) is 0. The fourth-order valence-electron chi connectivity index (χ4n) is 6.79. The highest BCUT2D eigenvalue weighted by molar-refractivity contribution is 7.89. The third-order valence-electron chi connectivity index (χ3n) is 8.28. The van der Waals surface area contributed by atoms with Gasteiger partial charge in [-0.25, -0.2) is 8.42 Å². The number of methoxy groups -OCH3 is 1. The molecule has 7 heteroatoms. The number of amides is 1. The number of carbonyl (C=O) groups is 1. The van der Waals surface area contributed by atoms with E-state index in [-0.39, 0.29) is 16.7 Å². The average Bonchev–Trinajstić information content (AvgIpc) is 3.47. The summed E-state index contributed by atoms with van der Waals surface area (Å²) < 4.78 is 32.5. The van der Waals surface area contributed by atoms with Crippen LogP contribution in [-0.2, 0) is 14.8 Å². The second-order valence-electron chi connectivity index (χ2n) is 9.62. The Morgan fingerprint density at radius 2 is 1.70 bits per heavy atom. The molecule has 0 radical (unpaired) electrons. The van der Waals surface area contributed by atoms with Crippen LogP contribution in [0.15, 0.2) is 29.2 Å². The van der Waals surface area contributed by atoms with Crippen molar-refractivity contribution in [1.82, 2.24) is 9.62 Å². The molecular formula is C23H32N2O4S. The third-order valence-corrected chi connectivity index (χ3v) is 10.2. The van der Waals surface area contributed by atoms with Crippen LogP contribution in [0.4, 0.5) is 0 Å². The highest BCUT2D eigenvalue weighted by Gasteiger charge is 2.54. The first-order chi connectivity index (χ1) is 14.5. The van der Waals surface area contributed by atoms with E-state index in [1.165, 1.54) is 30.0 Å². The summed E-state index contributed by atoms with van der Waals surface area (Å²) in [6.07, 6.45) is 7.75. The predicted molar refractivity (Wildman–Crippen MR) is 113 cm³/mol. The Morgan fingerprint density at radius 3 is 2.40 bits per heavy atom. The molecule has 5 rings (SSSR count). The monoisotopic (exact) mass is 432 g/mol. The van der Waals surface area contributed by atoms with Crippen molar-refractivity contribution in [2.24, 2.45) is 29.6 Å². The van der Waals surface area contributed by atoms with Gasteiger partial charge in [0.15, 0.2) is 0 Å². The number of carbonyl (C=O) groups excluding carboxylic acids is 1. The number of sulfonamides is 1. The summed E-state index contributed by atoms with van der Waals surface area (Å²) in [7, 11) is -1.97. The summed E-state index contributed by atoms with van der Waals surface area (Å²) >= 11 is 0. The van der Waals surface area contributed by atoms with Crippen molar-refractivity contribution in [1.29, 1.82) is 0 Å². The van der Waals surface area contributed by atoms with Gasteiger partial charge in [-0.1, -0.05) is 6.42 Å². The van der Waals surface area contributed by atoms with E-state index in [9.17, 15) is 13.2 Å². The smallest absolute Gasteiger partial charge is 0.243 e. The Bertz CT molecular complexity index is 892. The number of piperidine rings is 1. The van der Waals surface area contributed by atoms with Gasteiger partial charge in [0.05, 0.1) is 12.0 Å². The molecule has 0 spiro atoms. The van der Waals surface area contributed by atoms with Crippen molar-refractivity contribution < 1.29 is 17.9 Å². The maximum Gasteiger partial charge on any atom is 0.243 e. The molecule has 1 N–H and O–H groups in total. The van der Waals surface area contributed by atoms with Gasteiger partial charge in [-0.3, -0.25) is 4.79 Å². The van der Waals surface area contributed by atoms with Crippen LogP contribution in [0, 0.1) is 29.6 Å². The number of fused-ring (bicyclic) bond motifs is 5. The fourth-order valence-corrected chi connectivity index (χ4v) is 8.26. The summed E-state index contributed by atoms with van der Waals surface area (Å²) in [4.78, 5) is 13.2. The van der Waals surface area contributed by atoms with Crippen LogP contribution in [0.1, 0.15) is 44.9 Å². The van der Waals surface area contributed by atoms with Crippen LogP contribution in [0.3, 0.4) is 0 Å². The van der Waals surface area contributed by atoms with Crippen LogP contribution >= 0.6 is 0 Å². The number of hydrogen-bond acceptors (Lipinski definition) is 4. The highest BCUT2D eigenvalue weighted by atomic mass is 32.2. The fraction of sp³-hybridized carbons (Fsp3) is 0.696. The topological polar surface area (TPSA) is 75.7 Å². The van der Waals surface area contributed by atoms with Gasteiger partial charge in [0.25, 0.3) is 0 Å². The van der Waals surface area contributed by atoms with Crippen LogP contribution in [0.2, 0.25) is 0 Å². The number of benzene rings is 1. The molecule has 1 aromatic carbocycles. The Labute approximate surface area is 179 Å². The van der Waals surface area contributed by atoms with E-state index in [2.05, 4.69) is 5.32 Å². The molecule has 4 aliphatic rings. The summed E-state index contributed by atoms with van der Waals surface area (Å²) in [5, 5.41) is 3.37. The molecule has 3 saturated carbocycles. The zero-order valence-corrected chi connectivity index (χ0v) is 18.4. The van der Waals surface area contributed by atoms with Crippen molar-refractivity contribution in [2.45, 2.75) is 55.9 Å². The van der Waals surface area contributed by atoms with E-state index in [4.69, 9.17) is 4.74 Å². The lowest BCUT2D eigenvalue weighted by molar-refractivity contribution is -0.127. The third kappa shape index (κ3) is 3.44. The molecule has 1 aromatic rings. The summed E-state index contributed by atoms with van der Waals surface area (Å²) in [6.45, 7) is 0.793. The van der Waals surface area contributed by atoms with Gasteiger partial charge in [0.1, 0.15) is 5.75 Å². The van der Waals surface area contributed by atoms with E-state index < -0.39 is 10.0 Å². The lowest BCUT2D eigenvalue weighted by Crippen LogP contribution is -2.48. The molecule has 1 heterocycles. The number of rotatable bonds is 5. The number of nitrogens with zero attached hydrogens (tertiary/aromatic N) is 1. The molecule has 30 heavy (non-hydrogen) atoms. The molecule has 0 aromatic heterocycles. The zero-order chi connectivity index (χ0) is 20.9.